The molecule has 1 saturated heterocycles. The van der Waals surface area contributed by atoms with Gasteiger partial charge in [0.2, 0.25) is 6.79 Å². The van der Waals surface area contributed by atoms with Gasteiger partial charge in [-0.25, -0.2) is 4.79 Å². The van der Waals surface area contributed by atoms with Crippen LogP contribution >= 0.6 is 23.4 Å². The first-order valence-corrected chi connectivity index (χ1v) is 9.95. The number of ether oxygens (including phenoxy) is 2. The zero-order chi connectivity index (χ0) is 17.9. The standard InChI is InChI=1S/C19H19ClN2O3S/c20-15-4-2-1-3-14(15)18-7-8-22(9-10-26-18)19(23)21-13-5-6-16-17(11-13)25-12-24-16/h1-6,11,18H,7-10,12H2,(H,21,23). The molecule has 2 aromatic carbocycles. The summed E-state index contributed by atoms with van der Waals surface area (Å²) in [6, 6.07) is 13.3. The number of halogens is 1. The monoisotopic (exact) mass is 390 g/mol. The summed E-state index contributed by atoms with van der Waals surface area (Å²) in [5, 5.41) is 4.06. The van der Waals surface area contributed by atoms with E-state index in [-0.39, 0.29) is 12.8 Å². The number of carbonyl (C=O) groups is 1. The van der Waals surface area contributed by atoms with Gasteiger partial charge in [-0.3, -0.25) is 0 Å². The summed E-state index contributed by atoms with van der Waals surface area (Å²) in [7, 11) is 0. The first-order valence-electron chi connectivity index (χ1n) is 8.52. The first-order chi connectivity index (χ1) is 12.7. The molecule has 1 atom stereocenters. The minimum absolute atomic E-state index is 0.0933. The lowest BCUT2D eigenvalue weighted by Crippen LogP contribution is -2.36. The Hall–Kier alpha value is -2.05. The van der Waals surface area contributed by atoms with E-state index in [9.17, 15) is 4.79 Å². The van der Waals surface area contributed by atoms with Gasteiger partial charge < -0.3 is 19.7 Å². The fourth-order valence-electron chi connectivity index (χ4n) is 3.13. The second-order valence-electron chi connectivity index (χ2n) is 6.15. The zero-order valence-electron chi connectivity index (χ0n) is 14.1. The van der Waals surface area contributed by atoms with E-state index in [4.69, 9.17) is 21.1 Å². The van der Waals surface area contributed by atoms with Crippen molar-refractivity contribution in [2.24, 2.45) is 0 Å². The second kappa shape index (κ2) is 7.68. The summed E-state index contributed by atoms with van der Waals surface area (Å²) >= 11 is 8.19. The predicted molar refractivity (Wildman–Crippen MR) is 104 cm³/mol. The smallest absolute Gasteiger partial charge is 0.321 e. The van der Waals surface area contributed by atoms with Gasteiger partial charge in [0.1, 0.15) is 0 Å². The van der Waals surface area contributed by atoms with Crippen LogP contribution in [0.5, 0.6) is 11.5 Å². The fourth-order valence-corrected chi connectivity index (χ4v) is 4.73. The van der Waals surface area contributed by atoms with E-state index in [1.165, 1.54) is 0 Å². The van der Waals surface area contributed by atoms with E-state index < -0.39 is 0 Å². The van der Waals surface area contributed by atoms with Crippen LogP contribution in [0.2, 0.25) is 5.02 Å². The van der Waals surface area contributed by atoms with Gasteiger partial charge in [-0.2, -0.15) is 11.8 Å². The van der Waals surface area contributed by atoms with E-state index >= 15 is 0 Å². The molecule has 0 aliphatic carbocycles. The molecule has 2 aliphatic heterocycles. The van der Waals surface area contributed by atoms with Crippen molar-refractivity contribution in [3.8, 4) is 11.5 Å². The number of benzene rings is 2. The zero-order valence-corrected chi connectivity index (χ0v) is 15.7. The lowest BCUT2D eigenvalue weighted by atomic mass is 10.1. The second-order valence-corrected chi connectivity index (χ2v) is 7.87. The van der Waals surface area contributed by atoms with E-state index in [1.54, 1.807) is 6.07 Å². The molecule has 7 heteroatoms. The summed E-state index contributed by atoms with van der Waals surface area (Å²) in [5.41, 5.74) is 1.86. The Labute approximate surface area is 161 Å². The maximum absolute atomic E-state index is 12.6. The molecule has 0 aromatic heterocycles. The number of anilines is 1. The molecule has 2 amide bonds. The Morgan fingerprint density at radius 2 is 2.00 bits per heavy atom. The van der Waals surface area contributed by atoms with Crippen LogP contribution < -0.4 is 14.8 Å². The van der Waals surface area contributed by atoms with Crippen molar-refractivity contribution in [1.29, 1.82) is 0 Å². The molecule has 136 valence electrons. The number of fused-ring (bicyclic) bond motifs is 1. The Balaban J connectivity index is 1.39. The van der Waals surface area contributed by atoms with Crippen LogP contribution in [-0.4, -0.2) is 36.6 Å². The van der Waals surface area contributed by atoms with Crippen LogP contribution in [0.1, 0.15) is 17.2 Å². The summed E-state index contributed by atoms with van der Waals surface area (Å²) in [6.45, 7) is 1.63. The third-order valence-electron chi connectivity index (χ3n) is 4.50. The normalized spacial score (nSPS) is 19.1. The highest BCUT2D eigenvalue weighted by molar-refractivity contribution is 7.99. The lowest BCUT2D eigenvalue weighted by molar-refractivity contribution is 0.174. The van der Waals surface area contributed by atoms with Gasteiger partial charge in [-0.1, -0.05) is 29.8 Å². The van der Waals surface area contributed by atoms with Crippen molar-refractivity contribution in [3.05, 3.63) is 53.1 Å². The molecule has 1 fully saturated rings. The quantitative estimate of drug-likeness (QED) is 0.801. The molecule has 2 heterocycles. The highest BCUT2D eigenvalue weighted by Crippen LogP contribution is 2.38. The van der Waals surface area contributed by atoms with Crippen LogP contribution in [0.25, 0.3) is 0 Å². The number of nitrogens with zero attached hydrogens (tertiary/aromatic N) is 1. The number of carbonyl (C=O) groups excluding carboxylic acids is 1. The molecule has 0 radical (unpaired) electrons. The van der Waals surface area contributed by atoms with Gasteiger partial charge in [-0.15, -0.1) is 0 Å². The van der Waals surface area contributed by atoms with Crippen LogP contribution in [0.4, 0.5) is 10.5 Å². The number of hydrogen-bond donors (Lipinski definition) is 1. The van der Waals surface area contributed by atoms with Crippen LogP contribution in [-0.2, 0) is 0 Å². The average molecular weight is 391 g/mol. The average Bonchev–Trinajstić information content (AvgIpc) is 2.97. The van der Waals surface area contributed by atoms with E-state index in [0.29, 0.717) is 35.5 Å². The molecule has 0 saturated carbocycles. The molecule has 26 heavy (non-hydrogen) atoms. The molecule has 4 rings (SSSR count). The minimum Gasteiger partial charge on any atom is -0.454 e. The SMILES string of the molecule is O=C(Nc1ccc2c(c1)OCO2)N1CCSC(c2ccccc2Cl)CC1. The number of urea groups is 1. The maximum atomic E-state index is 12.6. The van der Waals surface area contributed by atoms with Gasteiger partial charge >= 0.3 is 6.03 Å². The molecular weight excluding hydrogens is 372 g/mol. The number of rotatable bonds is 2. The third-order valence-corrected chi connectivity index (χ3v) is 6.16. The van der Waals surface area contributed by atoms with Crippen molar-refractivity contribution in [2.45, 2.75) is 11.7 Å². The summed E-state index contributed by atoms with van der Waals surface area (Å²) in [6.07, 6.45) is 0.878. The number of thioether (sulfide) groups is 1. The van der Waals surface area contributed by atoms with Gasteiger partial charge in [-0.05, 0) is 30.2 Å². The summed E-state index contributed by atoms with van der Waals surface area (Å²) in [4.78, 5) is 14.5. The van der Waals surface area contributed by atoms with Gasteiger partial charge in [0.25, 0.3) is 0 Å². The molecule has 2 aromatic rings. The predicted octanol–water partition coefficient (Wildman–Crippen LogP) is 4.78. The van der Waals surface area contributed by atoms with Crippen LogP contribution in [0.15, 0.2) is 42.5 Å². The molecule has 1 N–H and O–H groups in total. The third kappa shape index (κ3) is 3.71. The Morgan fingerprint density at radius 1 is 1.15 bits per heavy atom. The van der Waals surface area contributed by atoms with Gasteiger partial charge in [0.05, 0.1) is 0 Å². The number of hydrogen-bond acceptors (Lipinski definition) is 4. The number of amides is 2. The van der Waals surface area contributed by atoms with E-state index in [2.05, 4.69) is 11.4 Å². The number of nitrogens with one attached hydrogen (secondary N) is 1. The lowest BCUT2D eigenvalue weighted by Gasteiger charge is -2.21. The van der Waals surface area contributed by atoms with Gasteiger partial charge in [0.15, 0.2) is 11.5 Å². The van der Waals surface area contributed by atoms with Crippen molar-refractivity contribution < 1.29 is 14.3 Å². The van der Waals surface area contributed by atoms with Crippen LogP contribution in [0, 0.1) is 0 Å². The Kier molecular flexibility index (Phi) is 5.13. The maximum Gasteiger partial charge on any atom is 0.321 e. The summed E-state index contributed by atoms with van der Waals surface area (Å²) in [5.74, 6) is 2.24. The van der Waals surface area contributed by atoms with Crippen molar-refractivity contribution in [3.63, 3.8) is 0 Å². The minimum atomic E-state index is -0.0933. The molecular formula is C19H19ClN2O3S. The molecule has 0 bridgehead atoms. The molecule has 5 nitrogen and oxygen atoms in total. The van der Waals surface area contributed by atoms with Gasteiger partial charge in [0, 0.05) is 40.9 Å². The Morgan fingerprint density at radius 3 is 2.88 bits per heavy atom. The summed E-state index contributed by atoms with van der Waals surface area (Å²) < 4.78 is 10.7. The Bertz CT molecular complexity index is 817. The topological polar surface area (TPSA) is 50.8 Å². The first kappa shape index (κ1) is 17.4. The molecule has 1 unspecified atom stereocenters. The highest BCUT2D eigenvalue weighted by atomic mass is 35.5. The molecule has 0 spiro atoms. The van der Waals surface area contributed by atoms with E-state index in [0.717, 1.165) is 22.8 Å². The van der Waals surface area contributed by atoms with Crippen LogP contribution in [0.3, 0.4) is 0 Å². The van der Waals surface area contributed by atoms with Crippen molar-refractivity contribution in [1.82, 2.24) is 4.90 Å². The molecule has 2 aliphatic rings. The van der Waals surface area contributed by atoms with E-state index in [1.807, 2.05) is 47.0 Å². The highest BCUT2D eigenvalue weighted by Gasteiger charge is 2.24. The largest absolute Gasteiger partial charge is 0.454 e. The fraction of sp³-hybridized carbons (Fsp3) is 0.316. The van der Waals surface area contributed by atoms with Crippen molar-refractivity contribution >= 4 is 35.1 Å². The van der Waals surface area contributed by atoms with Crippen molar-refractivity contribution in [2.75, 3.05) is 31.0 Å².